The molecule has 0 bridgehead atoms. The van der Waals surface area contributed by atoms with Crippen molar-refractivity contribution in [3.8, 4) is 5.75 Å². The van der Waals surface area contributed by atoms with Gasteiger partial charge in [0, 0.05) is 0 Å². The van der Waals surface area contributed by atoms with Crippen LogP contribution < -0.4 is 20.6 Å². The summed E-state index contributed by atoms with van der Waals surface area (Å²) < 4.78 is 19.4. The Hall–Kier alpha value is -4.67. The van der Waals surface area contributed by atoms with Gasteiger partial charge in [0.05, 0.1) is 6.15 Å². The molecule has 6 rings (SSSR count). The molecule has 0 aliphatic rings. The van der Waals surface area contributed by atoms with Gasteiger partial charge in [-0.2, -0.15) is 22.7 Å². The fourth-order valence-electron chi connectivity index (χ4n) is 5.98. The van der Waals surface area contributed by atoms with Gasteiger partial charge >= 0.3 is 10.2 Å². The van der Waals surface area contributed by atoms with Crippen LogP contribution in [0.1, 0.15) is 19.8 Å². The molecule has 0 spiro atoms. The zero-order valence-corrected chi connectivity index (χ0v) is 26.1. The topological polar surface area (TPSA) is 26.3 Å². The van der Waals surface area contributed by atoms with Gasteiger partial charge in [-0.3, -0.25) is 4.18 Å². The van der Waals surface area contributed by atoms with Gasteiger partial charge in [0.15, 0.2) is 5.75 Å². The van der Waals surface area contributed by atoms with Crippen LogP contribution in [0.5, 0.6) is 5.75 Å². The molecule has 0 N–H and O–H groups in total. The summed E-state index contributed by atoms with van der Waals surface area (Å²) in [5, 5.41) is 0. The normalized spacial score (nSPS) is 11.2. The lowest BCUT2D eigenvalue weighted by Gasteiger charge is -2.43. The Bertz CT molecular complexity index is 1570. The molecule has 0 aromatic heterocycles. The van der Waals surface area contributed by atoms with Crippen molar-refractivity contribution in [1.82, 2.24) is 0 Å². The predicted molar refractivity (Wildman–Crippen MR) is 188 cm³/mol. The molecule has 0 unspecified atom stereocenters. The van der Waals surface area contributed by atoms with Gasteiger partial charge in [0.2, 0.25) is 9.79 Å². The maximum Gasteiger partial charge on any atom is 0.325 e. The van der Waals surface area contributed by atoms with E-state index in [-0.39, 0.29) is 0 Å². The van der Waals surface area contributed by atoms with Crippen LogP contribution in [0.2, 0.25) is 6.32 Å². The second kappa shape index (κ2) is 15.2. The lowest BCUT2D eigenvalue weighted by atomic mass is 9.14. The summed E-state index contributed by atoms with van der Waals surface area (Å²) in [6, 6.07) is 61.0. The van der Waals surface area contributed by atoms with E-state index in [1.54, 1.807) is 0 Å². The second-order valence-corrected chi connectivity index (χ2v) is 13.1. The number of rotatable bonds is 10. The fourth-order valence-corrected chi connectivity index (χ4v) is 7.85. The van der Waals surface area contributed by atoms with Crippen molar-refractivity contribution in [2.24, 2.45) is 0 Å². The Labute approximate surface area is 264 Å². The van der Waals surface area contributed by atoms with E-state index in [1.807, 2.05) is 91.0 Å². The van der Waals surface area contributed by atoms with Gasteiger partial charge in [-0.05, 0) is 40.6 Å². The first-order valence-electron chi connectivity index (χ1n) is 15.4. The monoisotopic (exact) mass is 594 g/mol. The van der Waals surface area contributed by atoms with Crippen LogP contribution in [0.15, 0.2) is 192 Å². The molecule has 0 radical (unpaired) electrons. The van der Waals surface area contributed by atoms with Gasteiger partial charge in [-0.25, -0.2) is 0 Å². The van der Waals surface area contributed by atoms with E-state index in [0.717, 1.165) is 0 Å². The van der Waals surface area contributed by atoms with E-state index in [9.17, 15) is 4.21 Å². The molecule has 0 amide bonds. The minimum Gasteiger partial charge on any atom is -0.275 e. The largest absolute Gasteiger partial charge is 0.325 e. The molecule has 4 heteroatoms. The van der Waals surface area contributed by atoms with Gasteiger partial charge in [-0.1, -0.05) is 165 Å². The van der Waals surface area contributed by atoms with E-state index < -0.39 is 16.4 Å². The van der Waals surface area contributed by atoms with Crippen LogP contribution in [0.25, 0.3) is 0 Å². The van der Waals surface area contributed by atoms with Crippen LogP contribution in [0.4, 0.5) is 0 Å². The van der Waals surface area contributed by atoms with Gasteiger partial charge in [-0.15, -0.1) is 0 Å². The molecule has 6 aromatic carbocycles. The van der Waals surface area contributed by atoms with Crippen molar-refractivity contribution in [2.75, 3.05) is 0 Å². The molecular weight excluding hydrogens is 555 g/mol. The van der Waals surface area contributed by atoms with E-state index in [4.69, 9.17) is 4.18 Å². The van der Waals surface area contributed by atoms with E-state index >= 15 is 0 Å². The molecule has 220 valence electrons. The highest BCUT2D eigenvalue weighted by Crippen LogP contribution is 2.31. The summed E-state index contributed by atoms with van der Waals surface area (Å²) in [7, 11) is -2.80. The number of para-hydroxylation sites is 1. The third-order valence-corrected chi connectivity index (χ3v) is 10.4. The zero-order valence-electron chi connectivity index (χ0n) is 25.2. The first-order chi connectivity index (χ1) is 21.7. The minimum absolute atomic E-state index is 0.593. The Morgan fingerprint density at radius 1 is 0.477 bits per heavy atom. The van der Waals surface area contributed by atoms with E-state index in [1.165, 1.54) is 35.6 Å². The van der Waals surface area contributed by atoms with Crippen molar-refractivity contribution in [3.63, 3.8) is 0 Å². The molecule has 44 heavy (non-hydrogen) atoms. The molecule has 2 nitrogen and oxygen atoms in total. The molecule has 0 fully saturated rings. The lowest BCUT2D eigenvalue weighted by Crippen LogP contribution is -2.66. The van der Waals surface area contributed by atoms with Crippen LogP contribution >= 0.6 is 0 Å². The maximum absolute atomic E-state index is 13.5. The molecule has 0 heterocycles. The van der Waals surface area contributed by atoms with Crippen molar-refractivity contribution in [3.05, 3.63) is 182 Å². The highest BCUT2D eigenvalue weighted by molar-refractivity contribution is 7.99. The van der Waals surface area contributed by atoms with Crippen molar-refractivity contribution < 1.29 is 8.39 Å². The van der Waals surface area contributed by atoms with Crippen LogP contribution in [-0.4, -0.2) is 6.15 Å². The SMILES string of the molecule is CCCC[B-](c1ccccc1)(c1ccccc1)c1ccccc1.O=[S+](Oc1ccccc1)(c1ccccc1)c1ccccc1. The quantitative estimate of drug-likeness (QED) is 0.117. The van der Waals surface area contributed by atoms with Crippen LogP contribution in [0, 0.1) is 0 Å². The van der Waals surface area contributed by atoms with E-state index in [0.29, 0.717) is 15.5 Å². The minimum atomic E-state index is -2.80. The highest BCUT2D eigenvalue weighted by Gasteiger charge is 2.38. The van der Waals surface area contributed by atoms with Crippen molar-refractivity contribution in [2.45, 2.75) is 35.9 Å². The molecule has 0 aliphatic heterocycles. The number of hydrogen-bond donors (Lipinski definition) is 0. The summed E-state index contributed by atoms with van der Waals surface area (Å²) in [4.78, 5) is 1.33. The number of unbranched alkanes of at least 4 members (excludes halogenated alkanes) is 1. The molecule has 0 atom stereocenters. The third kappa shape index (κ3) is 7.10. The average molecular weight is 595 g/mol. The highest BCUT2D eigenvalue weighted by atomic mass is 32.3. The summed E-state index contributed by atoms with van der Waals surface area (Å²) in [5.41, 5.74) is 4.33. The maximum atomic E-state index is 13.5. The zero-order chi connectivity index (χ0) is 30.5. The molecule has 6 aromatic rings. The molecule has 0 aliphatic carbocycles. The standard InChI is InChI=1S/C22H24B.C18H15O2S/c1-2-3-19-23(20-13-7-4-8-14-20,21-15-9-5-10-16-21)22-17-11-6-12-18-22;19-21(17-12-6-2-7-13-17,18-14-8-3-9-15-18)20-16-10-4-1-5-11-16/h4-18H,2-3,19H2,1H3;1-15H/q-1;+1. The van der Waals surface area contributed by atoms with Gasteiger partial charge in [0.1, 0.15) is 0 Å². The number of hydrogen-bond acceptors (Lipinski definition) is 2. The Balaban J connectivity index is 0.000000175. The Kier molecular flexibility index (Phi) is 10.6. The van der Waals surface area contributed by atoms with Crippen molar-refractivity contribution >= 4 is 32.7 Å². The molecular formula is C40H39BO2S. The smallest absolute Gasteiger partial charge is 0.275 e. The second-order valence-electron chi connectivity index (χ2n) is 10.9. The van der Waals surface area contributed by atoms with Gasteiger partial charge in [0.25, 0.3) is 0 Å². The van der Waals surface area contributed by atoms with Crippen molar-refractivity contribution in [1.29, 1.82) is 0 Å². The summed E-state index contributed by atoms with van der Waals surface area (Å²) >= 11 is 0. The summed E-state index contributed by atoms with van der Waals surface area (Å²) in [5.74, 6) is 0.593. The van der Waals surface area contributed by atoms with Crippen LogP contribution in [0.3, 0.4) is 0 Å². The molecule has 0 saturated carbocycles. The lowest BCUT2D eigenvalue weighted by molar-refractivity contribution is 0.499. The van der Waals surface area contributed by atoms with E-state index in [2.05, 4.69) is 97.9 Å². The first-order valence-corrected chi connectivity index (χ1v) is 16.9. The Morgan fingerprint density at radius 2 is 0.795 bits per heavy atom. The van der Waals surface area contributed by atoms with Crippen LogP contribution in [-0.2, 0) is 14.4 Å². The predicted octanol–water partition coefficient (Wildman–Crippen LogP) is 8.56. The fraction of sp³-hybridized carbons (Fsp3) is 0.100. The average Bonchev–Trinajstić information content (AvgIpc) is 3.11. The summed E-state index contributed by atoms with van der Waals surface area (Å²) in [6.07, 6.45) is 2.73. The summed E-state index contributed by atoms with van der Waals surface area (Å²) in [6.45, 7) is 2.28. The number of benzene rings is 6. The Morgan fingerprint density at radius 3 is 1.14 bits per heavy atom. The first kappa shape index (κ1) is 30.8. The third-order valence-electron chi connectivity index (χ3n) is 8.16. The molecule has 0 saturated heterocycles. The van der Waals surface area contributed by atoms with Gasteiger partial charge < -0.3 is 0 Å².